The van der Waals surface area contributed by atoms with E-state index in [1.807, 2.05) is 31.3 Å². The van der Waals surface area contributed by atoms with Crippen molar-refractivity contribution in [3.05, 3.63) is 71.3 Å². The molecule has 1 aromatic carbocycles. The first-order valence-electron chi connectivity index (χ1n) is 6.77. The fourth-order valence-corrected chi connectivity index (χ4v) is 2.81. The SMILES string of the molecule is Cc1cccc(C(Nc2nc(C)ns2)c2ccccn2)c1. The molecule has 106 valence electrons. The van der Waals surface area contributed by atoms with Crippen molar-refractivity contribution in [3.8, 4) is 0 Å². The highest BCUT2D eigenvalue weighted by Crippen LogP contribution is 2.26. The Morgan fingerprint density at radius 3 is 2.67 bits per heavy atom. The number of nitrogens with one attached hydrogen (secondary N) is 1. The topological polar surface area (TPSA) is 50.7 Å². The Hall–Kier alpha value is -2.27. The van der Waals surface area contributed by atoms with Crippen LogP contribution in [0.1, 0.15) is 28.7 Å². The van der Waals surface area contributed by atoms with Gasteiger partial charge in [-0.3, -0.25) is 4.98 Å². The predicted octanol–water partition coefficient (Wildman–Crippen LogP) is 3.75. The molecule has 2 aromatic heterocycles. The van der Waals surface area contributed by atoms with Crippen LogP contribution in [-0.4, -0.2) is 14.3 Å². The number of nitrogens with zero attached hydrogens (tertiary/aromatic N) is 3. The molecule has 1 N–H and O–H groups in total. The summed E-state index contributed by atoms with van der Waals surface area (Å²) >= 11 is 1.37. The van der Waals surface area contributed by atoms with Gasteiger partial charge in [0.1, 0.15) is 5.82 Å². The molecule has 0 aliphatic rings. The van der Waals surface area contributed by atoms with E-state index < -0.39 is 0 Å². The normalized spacial score (nSPS) is 12.1. The van der Waals surface area contributed by atoms with E-state index in [1.54, 1.807) is 0 Å². The van der Waals surface area contributed by atoms with Gasteiger partial charge in [0.05, 0.1) is 11.7 Å². The van der Waals surface area contributed by atoms with Crippen molar-refractivity contribution in [3.63, 3.8) is 0 Å². The second-order valence-corrected chi connectivity index (χ2v) is 5.64. The minimum atomic E-state index is -0.0292. The van der Waals surface area contributed by atoms with Crippen molar-refractivity contribution in [1.82, 2.24) is 14.3 Å². The smallest absolute Gasteiger partial charge is 0.203 e. The molecule has 4 nitrogen and oxygen atoms in total. The third-order valence-electron chi connectivity index (χ3n) is 3.15. The summed E-state index contributed by atoms with van der Waals surface area (Å²) in [5.74, 6) is 0.784. The monoisotopic (exact) mass is 296 g/mol. The Labute approximate surface area is 128 Å². The first-order chi connectivity index (χ1) is 10.2. The summed E-state index contributed by atoms with van der Waals surface area (Å²) in [6, 6.07) is 14.3. The molecule has 1 atom stereocenters. The maximum atomic E-state index is 4.48. The van der Waals surface area contributed by atoms with E-state index in [4.69, 9.17) is 0 Å². The molecule has 5 heteroatoms. The van der Waals surface area contributed by atoms with E-state index in [9.17, 15) is 0 Å². The van der Waals surface area contributed by atoms with Crippen LogP contribution in [0.15, 0.2) is 48.7 Å². The van der Waals surface area contributed by atoms with Crippen LogP contribution in [0.3, 0.4) is 0 Å². The second kappa shape index (κ2) is 6.01. The van der Waals surface area contributed by atoms with Crippen molar-refractivity contribution in [2.24, 2.45) is 0 Å². The van der Waals surface area contributed by atoms with Crippen molar-refractivity contribution in [2.45, 2.75) is 19.9 Å². The van der Waals surface area contributed by atoms with Crippen LogP contribution in [-0.2, 0) is 0 Å². The first-order valence-corrected chi connectivity index (χ1v) is 7.54. The molecule has 0 spiro atoms. The number of anilines is 1. The van der Waals surface area contributed by atoms with E-state index in [2.05, 4.69) is 50.8 Å². The van der Waals surface area contributed by atoms with Gasteiger partial charge in [0.25, 0.3) is 0 Å². The Balaban J connectivity index is 1.98. The molecule has 1 unspecified atom stereocenters. The molecule has 0 aliphatic heterocycles. The van der Waals surface area contributed by atoms with Crippen LogP contribution in [0.5, 0.6) is 0 Å². The molecule has 0 bridgehead atoms. The summed E-state index contributed by atoms with van der Waals surface area (Å²) in [5.41, 5.74) is 3.36. The molecule has 0 radical (unpaired) electrons. The third kappa shape index (κ3) is 3.25. The fraction of sp³-hybridized carbons (Fsp3) is 0.188. The van der Waals surface area contributed by atoms with Gasteiger partial charge in [-0.25, -0.2) is 4.98 Å². The fourth-order valence-electron chi connectivity index (χ4n) is 2.20. The quantitative estimate of drug-likeness (QED) is 0.796. The van der Waals surface area contributed by atoms with Gasteiger partial charge in [-0.05, 0) is 31.5 Å². The molecule has 0 saturated carbocycles. The van der Waals surface area contributed by atoms with Crippen molar-refractivity contribution in [2.75, 3.05) is 5.32 Å². The molecular weight excluding hydrogens is 280 g/mol. The summed E-state index contributed by atoms with van der Waals surface area (Å²) in [5, 5.41) is 4.25. The molecule has 21 heavy (non-hydrogen) atoms. The van der Waals surface area contributed by atoms with Crippen LogP contribution < -0.4 is 5.32 Å². The van der Waals surface area contributed by atoms with Gasteiger partial charge < -0.3 is 5.32 Å². The third-order valence-corrected chi connectivity index (χ3v) is 3.89. The molecule has 3 rings (SSSR count). The standard InChI is InChI=1S/C16H16N4S/c1-11-6-5-7-13(10-11)15(14-8-3-4-9-17-14)19-16-18-12(2)20-21-16/h3-10,15H,1-2H3,(H,18,19,20). The van der Waals surface area contributed by atoms with Crippen molar-refractivity contribution < 1.29 is 0 Å². The number of hydrogen-bond acceptors (Lipinski definition) is 5. The Morgan fingerprint density at radius 2 is 2.00 bits per heavy atom. The lowest BCUT2D eigenvalue weighted by atomic mass is 10.0. The minimum Gasteiger partial charge on any atom is -0.348 e. The Kier molecular flexibility index (Phi) is 3.92. The Morgan fingerprint density at radius 1 is 1.10 bits per heavy atom. The van der Waals surface area contributed by atoms with Crippen LogP contribution in [0.2, 0.25) is 0 Å². The highest BCUT2D eigenvalue weighted by Gasteiger charge is 2.17. The summed E-state index contributed by atoms with van der Waals surface area (Å²) in [4.78, 5) is 8.87. The highest BCUT2D eigenvalue weighted by atomic mass is 32.1. The zero-order valence-corrected chi connectivity index (χ0v) is 12.8. The van der Waals surface area contributed by atoms with Crippen molar-refractivity contribution >= 4 is 16.7 Å². The highest BCUT2D eigenvalue weighted by molar-refractivity contribution is 7.09. The predicted molar refractivity (Wildman–Crippen MR) is 85.5 cm³/mol. The number of pyridine rings is 1. The molecule has 0 aliphatic carbocycles. The zero-order valence-electron chi connectivity index (χ0n) is 11.9. The number of aryl methyl sites for hydroxylation is 2. The van der Waals surface area contributed by atoms with E-state index >= 15 is 0 Å². The van der Waals surface area contributed by atoms with Crippen LogP contribution in [0.4, 0.5) is 5.13 Å². The molecule has 0 saturated heterocycles. The Bertz CT molecular complexity index is 724. The van der Waals surface area contributed by atoms with Crippen LogP contribution in [0, 0.1) is 13.8 Å². The summed E-state index contributed by atoms with van der Waals surface area (Å²) in [7, 11) is 0. The summed E-state index contributed by atoms with van der Waals surface area (Å²) < 4.78 is 4.22. The molecule has 2 heterocycles. The lowest BCUT2D eigenvalue weighted by Gasteiger charge is -2.18. The number of aromatic nitrogens is 3. The number of hydrogen-bond donors (Lipinski definition) is 1. The van der Waals surface area contributed by atoms with Gasteiger partial charge in [0.15, 0.2) is 0 Å². The van der Waals surface area contributed by atoms with Gasteiger partial charge in [-0.1, -0.05) is 35.9 Å². The lowest BCUT2D eigenvalue weighted by molar-refractivity contribution is 0.881. The van der Waals surface area contributed by atoms with Gasteiger partial charge in [0.2, 0.25) is 5.13 Å². The number of benzene rings is 1. The molecule has 0 amide bonds. The van der Waals surface area contributed by atoms with E-state index in [-0.39, 0.29) is 6.04 Å². The van der Waals surface area contributed by atoms with Gasteiger partial charge >= 0.3 is 0 Å². The van der Waals surface area contributed by atoms with Crippen LogP contribution in [0.25, 0.3) is 0 Å². The van der Waals surface area contributed by atoms with Crippen LogP contribution >= 0.6 is 11.5 Å². The average Bonchev–Trinajstić information content (AvgIpc) is 2.91. The minimum absolute atomic E-state index is 0.0292. The van der Waals surface area contributed by atoms with Gasteiger partial charge in [-0.15, -0.1) is 0 Å². The lowest BCUT2D eigenvalue weighted by Crippen LogP contribution is -2.13. The van der Waals surface area contributed by atoms with E-state index in [0.717, 1.165) is 16.6 Å². The van der Waals surface area contributed by atoms with Crippen molar-refractivity contribution in [1.29, 1.82) is 0 Å². The van der Waals surface area contributed by atoms with Gasteiger partial charge in [0, 0.05) is 17.7 Å². The van der Waals surface area contributed by atoms with Gasteiger partial charge in [-0.2, -0.15) is 4.37 Å². The maximum absolute atomic E-state index is 4.48. The second-order valence-electron chi connectivity index (χ2n) is 4.89. The van der Waals surface area contributed by atoms with E-state index in [1.165, 1.54) is 22.7 Å². The maximum Gasteiger partial charge on any atom is 0.203 e. The molecule has 3 aromatic rings. The number of rotatable bonds is 4. The molecular formula is C16H16N4S. The summed E-state index contributed by atoms with van der Waals surface area (Å²) in [6.45, 7) is 3.98. The first kappa shape index (κ1) is 13.7. The summed E-state index contributed by atoms with van der Waals surface area (Å²) in [6.07, 6.45) is 1.81. The van der Waals surface area contributed by atoms with E-state index in [0.29, 0.717) is 0 Å². The zero-order chi connectivity index (χ0) is 14.7. The molecule has 0 fully saturated rings. The average molecular weight is 296 g/mol. The largest absolute Gasteiger partial charge is 0.348 e.